The van der Waals surface area contributed by atoms with Crippen molar-refractivity contribution >= 4 is 11.6 Å². The van der Waals surface area contributed by atoms with Gasteiger partial charge < -0.3 is 16.0 Å². The van der Waals surface area contributed by atoms with Gasteiger partial charge in [0.25, 0.3) is 0 Å². The van der Waals surface area contributed by atoms with Gasteiger partial charge in [0.2, 0.25) is 0 Å². The van der Waals surface area contributed by atoms with Crippen LogP contribution < -0.4 is 16.0 Å². The van der Waals surface area contributed by atoms with Crippen molar-refractivity contribution < 1.29 is 0 Å². The SMILES string of the molecule is C=CCNc1cc(N(C)CCC(C)(C)N)ncn1. The predicted molar refractivity (Wildman–Crippen MR) is 76.9 cm³/mol. The molecule has 1 aromatic rings. The van der Waals surface area contributed by atoms with Gasteiger partial charge in [-0.15, -0.1) is 6.58 Å². The molecule has 1 heterocycles. The lowest BCUT2D eigenvalue weighted by molar-refractivity contribution is 0.478. The highest BCUT2D eigenvalue weighted by molar-refractivity contribution is 5.48. The lowest BCUT2D eigenvalue weighted by Gasteiger charge is -2.24. The zero-order valence-electron chi connectivity index (χ0n) is 11.5. The van der Waals surface area contributed by atoms with E-state index in [0.717, 1.165) is 24.6 Å². The second-order valence-corrected chi connectivity index (χ2v) is 5.09. The Kier molecular flexibility index (Phi) is 5.09. The molecule has 0 amide bonds. The van der Waals surface area contributed by atoms with Crippen LogP contribution in [0.25, 0.3) is 0 Å². The molecule has 1 rings (SSSR count). The molecule has 0 fully saturated rings. The average molecular weight is 249 g/mol. The molecule has 0 unspecified atom stereocenters. The van der Waals surface area contributed by atoms with Crippen molar-refractivity contribution in [2.75, 3.05) is 30.4 Å². The Morgan fingerprint density at radius 1 is 1.50 bits per heavy atom. The summed E-state index contributed by atoms with van der Waals surface area (Å²) in [5.41, 5.74) is 5.81. The summed E-state index contributed by atoms with van der Waals surface area (Å²) in [6, 6.07) is 1.92. The first-order chi connectivity index (χ1) is 8.42. The fourth-order valence-corrected chi connectivity index (χ4v) is 1.40. The molecule has 0 saturated carbocycles. The maximum absolute atomic E-state index is 5.97. The fraction of sp³-hybridized carbons (Fsp3) is 0.538. The highest BCUT2D eigenvalue weighted by Crippen LogP contribution is 2.14. The molecule has 0 aromatic carbocycles. The van der Waals surface area contributed by atoms with Crippen molar-refractivity contribution in [3.05, 3.63) is 25.0 Å². The Bertz CT molecular complexity index is 383. The maximum Gasteiger partial charge on any atom is 0.133 e. The van der Waals surface area contributed by atoms with Gasteiger partial charge in [-0.1, -0.05) is 6.08 Å². The molecule has 18 heavy (non-hydrogen) atoms. The second kappa shape index (κ2) is 6.35. The van der Waals surface area contributed by atoms with Gasteiger partial charge in [-0.05, 0) is 20.3 Å². The van der Waals surface area contributed by atoms with E-state index in [1.165, 1.54) is 0 Å². The van der Waals surface area contributed by atoms with Crippen LogP contribution >= 0.6 is 0 Å². The topological polar surface area (TPSA) is 67.1 Å². The number of nitrogens with one attached hydrogen (secondary N) is 1. The van der Waals surface area contributed by atoms with E-state index in [4.69, 9.17) is 5.73 Å². The number of hydrogen-bond donors (Lipinski definition) is 2. The van der Waals surface area contributed by atoms with Crippen molar-refractivity contribution in [2.45, 2.75) is 25.8 Å². The summed E-state index contributed by atoms with van der Waals surface area (Å²) in [5, 5.41) is 3.14. The van der Waals surface area contributed by atoms with Gasteiger partial charge in [-0.25, -0.2) is 9.97 Å². The molecule has 0 aliphatic carbocycles. The van der Waals surface area contributed by atoms with E-state index in [1.807, 2.05) is 27.0 Å². The number of hydrogen-bond acceptors (Lipinski definition) is 5. The second-order valence-electron chi connectivity index (χ2n) is 5.09. The van der Waals surface area contributed by atoms with Crippen LogP contribution in [0.4, 0.5) is 11.6 Å². The number of rotatable bonds is 7. The van der Waals surface area contributed by atoms with Crippen LogP contribution in [0.2, 0.25) is 0 Å². The molecule has 0 spiro atoms. The molecule has 0 atom stereocenters. The van der Waals surface area contributed by atoms with E-state index < -0.39 is 0 Å². The quantitative estimate of drug-likeness (QED) is 0.719. The fourth-order valence-electron chi connectivity index (χ4n) is 1.40. The number of aromatic nitrogens is 2. The number of nitrogens with two attached hydrogens (primary N) is 1. The molecule has 5 heteroatoms. The largest absolute Gasteiger partial charge is 0.366 e. The van der Waals surface area contributed by atoms with Crippen LogP contribution in [-0.2, 0) is 0 Å². The lowest BCUT2D eigenvalue weighted by Crippen LogP contribution is -2.36. The molecule has 0 bridgehead atoms. The third-order valence-electron chi connectivity index (χ3n) is 2.56. The summed E-state index contributed by atoms with van der Waals surface area (Å²) in [7, 11) is 2.01. The standard InChI is InChI=1S/C13H23N5/c1-5-7-15-11-9-12(17-10-16-11)18(4)8-6-13(2,3)14/h5,9-10H,1,6-8,14H2,2-4H3,(H,15,16,17). The van der Waals surface area contributed by atoms with Crippen LogP contribution in [0.1, 0.15) is 20.3 Å². The van der Waals surface area contributed by atoms with Crippen molar-refractivity contribution in [2.24, 2.45) is 5.73 Å². The summed E-state index contributed by atoms with van der Waals surface area (Å²) >= 11 is 0. The molecular weight excluding hydrogens is 226 g/mol. The molecule has 0 aliphatic heterocycles. The zero-order valence-corrected chi connectivity index (χ0v) is 11.5. The molecule has 0 saturated heterocycles. The van der Waals surface area contributed by atoms with Crippen LogP contribution in [0.15, 0.2) is 25.0 Å². The normalized spacial score (nSPS) is 11.1. The highest BCUT2D eigenvalue weighted by Gasteiger charge is 2.12. The molecule has 1 aromatic heterocycles. The zero-order chi connectivity index (χ0) is 13.6. The monoisotopic (exact) mass is 249 g/mol. The minimum atomic E-state index is -0.161. The molecule has 5 nitrogen and oxygen atoms in total. The van der Waals surface area contributed by atoms with Crippen molar-refractivity contribution in [1.29, 1.82) is 0 Å². The Morgan fingerprint density at radius 2 is 2.22 bits per heavy atom. The average Bonchev–Trinajstić information content (AvgIpc) is 2.33. The van der Waals surface area contributed by atoms with Crippen molar-refractivity contribution in [3.8, 4) is 0 Å². The van der Waals surface area contributed by atoms with E-state index >= 15 is 0 Å². The molecule has 3 N–H and O–H groups in total. The summed E-state index contributed by atoms with van der Waals surface area (Å²) < 4.78 is 0. The van der Waals surface area contributed by atoms with Gasteiger partial charge in [0, 0.05) is 31.7 Å². The lowest BCUT2D eigenvalue weighted by atomic mass is 10.0. The van der Waals surface area contributed by atoms with Crippen LogP contribution in [0.3, 0.4) is 0 Å². The Hall–Kier alpha value is -1.62. The summed E-state index contributed by atoms with van der Waals surface area (Å²) in [5.74, 6) is 1.69. The van der Waals surface area contributed by atoms with E-state index in [9.17, 15) is 0 Å². The van der Waals surface area contributed by atoms with Gasteiger partial charge in [-0.3, -0.25) is 0 Å². The van der Waals surface area contributed by atoms with Crippen molar-refractivity contribution in [3.63, 3.8) is 0 Å². The highest BCUT2D eigenvalue weighted by atomic mass is 15.2. The first-order valence-electron chi connectivity index (χ1n) is 6.09. The Labute approximate surface area is 109 Å². The third kappa shape index (κ3) is 5.14. The predicted octanol–water partition coefficient (Wildman–Crippen LogP) is 1.64. The summed E-state index contributed by atoms with van der Waals surface area (Å²) in [6.45, 7) is 9.26. The van der Waals surface area contributed by atoms with Gasteiger partial charge in [0.1, 0.15) is 18.0 Å². The minimum absolute atomic E-state index is 0.161. The van der Waals surface area contributed by atoms with Crippen LogP contribution in [0, 0.1) is 0 Å². The molecular formula is C13H23N5. The van der Waals surface area contributed by atoms with Gasteiger partial charge in [0.15, 0.2) is 0 Å². The molecule has 0 radical (unpaired) electrons. The Balaban J connectivity index is 2.61. The molecule has 100 valence electrons. The van der Waals surface area contributed by atoms with Gasteiger partial charge in [0.05, 0.1) is 0 Å². The maximum atomic E-state index is 5.97. The van der Waals surface area contributed by atoms with E-state index in [-0.39, 0.29) is 5.54 Å². The summed E-state index contributed by atoms with van der Waals surface area (Å²) in [4.78, 5) is 10.5. The van der Waals surface area contributed by atoms with E-state index in [1.54, 1.807) is 12.4 Å². The third-order valence-corrected chi connectivity index (χ3v) is 2.56. The van der Waals surface area contributed by atoms with E-state index in [2.05, 4.69) is 26.8 Å². The van der Waals surface area contributed by atoms with Gasteiger partial charge in [-0.2, -0.15) is 0 Å². The number of nitrogens with zero attached hydrogens (tertiary/aromatic N) is 3. The Morgan fingerprint density at radius 3 is 2.83 bits per heavy atom. The minimum Gasteiger partial charge on any atom is -0.366 e. The molecule has 0 aliphatic rings. The van der Waals surface area contributed by atoms with Crippen LogP contribution in [-0.4, -0.2) is 35.6 Å². The van der Waals surface area contributed by atoms with E-state index in [0.29, 0.717) is 6.54 Å². The van der Waals surface area contributed by atoms with Gasteiger partial charge >= 0.3 is 0 Å². The smallest absolute Gasteiger partial charge is 0.133 e. The van der Waals surface area contributed by atoms with Crippen LogP contribution in [0.5, 0.6) is 0 Å². The summed E-state index contributed by atoms with van der Waals surface area (Å²) in [6.07, 6.45) is 4.26. The number of anilines is 2. The first-order valence-corrected chi connectivity index (χ1v) is 6.09. The first kappa shape index (κ1) is 14.4. The van der Waals surface area contributed by atoms with Crippen molar-refractivity contribution in [1.82, 2.24) is 9.97 Å².